The molecule has 6 rings (SSSR count). The predicted molar refractivity (Wildman–Crippen MR) is 151 cm³/mol. The Morgan fingerprint density at radius 1 is 1.00 bits per heavy atom. The molecule has 2 heterocycles. The standard InChI is InChI=1S/C29H23IN2O3S/c1-34-23-14-10-19(16-24(23)35-2)27-22-13-9-18-5-3-4-6-21(18)26(22)31-29-32(27)28(33)25(36-29)15-17-7-11-20(30)12-8-17/h3-8,10-12,14-16,27H,9,13H2,1-2H3. The Morgan fingerprint density at radius 2 is 1.78 bits per heavy atom. The minimum atomic E-state index is -0.261. The minimum Gasteiger partial charge on any atom is -0.493 e. The van der Waals surface area contributed by atoms with Gasteiger partial charge >= 0.3 is 0 Å². The molecular weight excluding hydrogens is 583 g/mol. The van der Waals surface area contributed by atoms with Gasteiger partial charge in [-0.05, 0) is 88.0 Å². The van der Waals surface area contributed by atoms with Crippen molar-refractivity contribution >= 4 is 45.7 Å². The van der Waals surface area contributed by atoms with Crippen molar-refractivity contribution in [2.24, 2.45) is 4.99 Å². The molecular formula is C29H23IN2O3S. The second-order valence-electron chi connectivity index (χ2n) is 8.78. The van der Waals surface area contributed by atoms with Crippen LogP contribution in [0.2, 0.25) is 0 Å². The number of benzene rings is 3. The monoisotopic (exact) mass is 606 g/mol. The van der Waals surface area contributed by atoms with E-state index in [1.807, 2.05) is 53.1 Å². The Labute approximate surface area is 226 Å². The fourth-order valence-corrected chi connectivity index (χ4v) is 6.42. The lowest BCUT2D eigenvalue weighted by Gasteiger charge is -2.31. The topological polar surface area (TPSA) is 52.8 Å². The van der Waals surface area contributed by atoms with Crippen molar-refractivity contribution in [2.45, 2.75) is 18.9 Å². The molecule has 0 fully saturated rings. The largest absolute Gasteiger partial charge is 0.493 e. The van der Waals surface area contributed by atoms with Crippen molar-refractivity contribution < 1.29 is 9.47 Å². The highest BCUT2D eigenvalue weighted by atomic mass is 127. The molecule has 0 amide bonds. The Hall–Kier alpha value is -3.17. The van der Waals surface area contributed by atoms with Crippen molar-refractivity contribution in [3.8, 4) is 11.5 Å². The van der Waals surface area contributed by atoms with Crippen molar-refractivity contribution in [1.82, 2.24) is 4.57 Å². The molecule has 3 aromatic carbocycles. The van der Waals surface area contributed by atoms with E-state index in [0.717, 1.165) is 44.4 Å². The van der Waals surface area contributed by atoms with Crippen molar-refractivity contribution in [1.29, 1.82) is 0 Å². The van der Waals surface area contributed by atoms with Crippen molar-refractivity contribution in [3.05, 3.63) is 118 Å². The lowest BCUT2D eigenvalue weighted by molar-refractivity contribution is 0.354. The Kier molecular flexibility index (Phi) is 6.05. The fraction of sp³-hybridized carbons (Fsp3) is 0.172. The number of hydrogen-bond acceptors (Lipinski definition) is 5. The highest BCUT2D eigenvalue weighted by Crippen LogP contribution is 2.42. The molecule has 1 unspecified atom stereocenters. The number of aryl methyl sites for hydroxylation is 1. The van der Waals surface area contributed by atoms with Gasteiger partial charge in [-0.25, -0.2) is 4.99 Å². The molecule has 180 valence electrons. The number of fused-ring (bicyclic) bond motifs is 3. The van der Waals surface area contributed by atoms with Crippen LogP contribution >= 0.6 is 33.9 Å². The third-order valence-corrected chi connectivity index (χ3v) is 8.47. The number of nitrogens with zero attached hydrogens (tertiary/aromatic N) is 2. The van der Waals surface area contributed by atoms with Gasteiger partial charge in [-0.2, -0.15) is 0 Å². The second kappa shape index (κ2) is 9.37. The molecule has 1 aliphatic heterocycles. The summed E-state index contributed by atoms with van der Waals surface area (Å²) in [7, 11) is 3.26. The molecule has 0 spiro atoms. The van der Waals surface area contributed by atoms with Gasteiger partial charge in [0.25, 0.3) is 5.56 Å². The predicted octanol–water partition coefficient (Wildman–Crippen LogP) is 4.94. The van der Waals surface area contributed by atoms with Crippen molar-refractivity contribution in [3.63, 3.8) is 0 Å². The fourth-order valence-electron chi connectivity index (χ4n) is 5.06. The number of hydrogen-bond donors (Lipinski definition) is 0. The molecule has 1 aromatic heterocycles. The smallest absolute Gasteiger partial charge is 0.271 e. The van der Waals surface area contributed by atoms with Crippen LogP contribution in [0.3, 0.4) is 0 Å². The average Bonchev–Trinajstić information content (AvgIpc) is 3.22. The average molecular weight is 606 g/mol. The maximum absolute atomic E-state index is 13.9. The molecule has 0 N–H and O–H groups in total. The molecule has 1 atom stereocenters. The summed E-state index contributed by atoms with van der Waals surface area (Å²) >= 11 is 3.73. The van der Waals surface area contributed by atoms with E-state index in [1.165, 1.54) is 16.9 Å². The first kappa shape index (κ1) is 23.2. The molecule has 0 bridgehead atoms. The minimum absolute atomic E-state index is 0.0255. The number of halogens is 1. The summed E-state index contributed by atoms with van der Waals surface area (Å²) in [5, 5.41) is 0. The molecule has 5 nitrogen and oxygen atoms in total. The van der Waals surface area contributed by atoms with E-state index < -0.39 is 0 Å². The van der Waals surface area contributed by atoms with Crippen LogP contribution in [-0.2, 0) is 6.42 Å². The molecule has 0 saturated carbocycles. The van der Waals surface area contributed by atoms with Gasteiger partial charge in [0.2, 0.25) is 0 Å². The summed E-state index contributed by atoms with van der Waals surface area (Å²) in [6.45, 7) is 0. The Balaban J connectivity index is 1.62. The zero-order valence-electron chi connectivity index (χ0n) is 19.8. The summed E-state index contributed by atoms with van der Waals surface area (Å²) in [5.41, 5.74) is 6.55. The number of thiazole rings is 1. The summed E-state index contributed by atoms with van der Waals surface area (Å²) in [5.74, 6) is 1.31. The molecule has 4 aromatic rings. The van der Waals surface area contributed by atoms with E-state index in [4.69, 9.17) is 14.5 Å². The maximum atomic E-state index is 13.9. The van der Waals surface area contributed by atoms with Crippen LogP contribution in [0.25, 0.3) is 11.8 Å². The van der Waals surface area contributed by atoms with E-state index >= 15 is 0 Å². The van der Waals surface area contributed by atoms with Gasteiger partial charge in [-0.15, -0.1) is 0 Å². The quantitative estimate of drug-likeness (QED) is 0.310. The van der Waals surface area contributed by atoms with Crippen LogP contribution in [0.15, 0.2) is 82.1 Å². The Morgan fingerprint density at radius 3 is 2.56 bits per heavy atom. The number of rotatable bonds is 4. The van der Waals surface area contributed by atoms with E-state index in [2.05, 4.69) is 46.9 Å². The lowest BCUT2D eigenvalue weighted by atomic mass is 9.83. The summed E-state index contributed by atoms with van der Waals surface area (Å²) < 4.78 is 14.8. The van der Waals surface area contributed by atoms with E-state index in [9.17, 15) is 4.79 Å². The van der Waals surface area contributed by atoms with Gasteiger partial charge < -0.3 is 9.47 Å². The highest BCUT2D eigenvalue weighted by molar-refractivity contribution is 14.1. The van der Waals surface area contributed by atoms with Crippen molar-refractivity contribution in [2.75, 3.05) is 14.2 Å². The van der Waals surface area contributed by atoms with E-state index in [1.54, 1.807) is 14.2 Å². The van der Waals surface area contributed by atoms with Crippen LogP contribution in [0.4, 0.5) is 0 Å². The maximum Gasteiger partial charge on any atom is 0.271 e. The Bertz CT molecular complexity index is 1700. The molecule has 7 heteroatoms. The first-order valence-electron chi connectivity index (χ1n) is 11.7. The number of allylic oxidation sites excluding steroid dienone is 1. The van der Waals surface area contributed by atoms with Gasteiger partial charge in [-0.1, -0.05) is 53.8 Å². The van der Waals surface area contributed by atoms with Crippen LogP contribution in [0.1, 0.15) is 34.7 Å². The van der Waals surface area contributed by atoms with Gasteiger partial charge in [0.15, 0.2) is 16.3 Å². The summed E-state index contributed by atoms with van der Waals surface area (Å²) in [6.07, 6.45) is 3.72. The summed E-state index contributed by atoms with van der Waals surface area (Å²) in [6, 6.07) is 22.3. The normalized spacial score (nSPS) is 16.6. The SMILES string of the molecule is COc1ccc(C2C3=C(N=c4sc(=Cc5ccc(I)cc5)c(=O)n42)c2ccccc2CC3)cc1OC. The molecule has 0 saturated heterocycles. The van der Waals surface area contributed by atoms with Crippen LogP contribution < -0.4 is 24.4 Å². The van der Waals surface area contributed by atoms with Gasteiger partial charge in [0.1, 0.15) is 0 Å². The zero-order valence-corrected chi connectivity index (χ0v) is 22.8. The first-order valence-corrected chi connectivity index (χ1v) is 13.6. The zero-order chi connectivity index (χ0) is 24.8. The van der Waals surface area contributed by atoms with Gasteiger partial charge in [0.05, 0.1) is 30.5 Å². The number of methoxy groups -OCH3 is 2. The molecule has 36 heavy (non-hydrogen) atoms. The molecule has 0 radical (unpaired) electrons. The van der Waals surface area contributed by atoms with Gasteiger partial charge in [-0.3, -0.25) is 9.36 Å². The van der Waals surface area contributed by atoms with Crippen LogP contribution in [-0.4, -0.2) is 18.8 Å². The third kappa shape index (κ3) is 3.90. The van der Waals surface area contributed by atoms with E-state index in [0.29, 0.717) is 20.8 Å². The van der Waals surface area contributed by atoms with Gasteiger partial charge in [0, 0.05) is 9.13 Å². The number of aromatic nitrogens is 1. The third-order valence-electron chi connectivity index (χ3n) is 6.76. The molecule has 2 aliphatic rings. The molecule has 1 aliphatic carbocycles. The first-order chi connectivity index (χ1) is 17.6. The number of ether oxygens (including phenoxy) is 2. The summed E-state index contributed by atoms with van der Waals surface area (Å²) in [4.78, 5) is 19.7. The second-order valence-corrected chi connectivity index (χ2v) is 11.0. The van der Waals surface area contributed by atoms with Crippen LogP contribution in [0.5, 0.6) is 11.5 Å². The van der Waals surface area contributed by atoms with E-state index in [-0.39, 0.29) is 11.6 Å². The van der Waals surface area contributed by atoms with Crippen LogP contribution in [0, 0.1) is 3.57 Å². The highest BCUT2D eigenvalue weighted by Gasteiger charge is 2.33. The lowest BCUT2D eigenvalue weighted by Crippen LogP contribution is -2.38.